The molecule has 1 heterocycles. The third-order valence-electron chi connectivity index (χ3n) is 3.24. The van der Waals surface area contributed by atoms with E-state index >= 15 is 0 Å². The van der Waals surface area contributed by atoms with Crippen LogP contribution in [-0.4, -0.2) is 17.3 Å². The second-order valence-electron chi connectivity index (χ2n) is 4.67. The van der Waals surface area contributed by atoms with E-state index in [0.717, 1.165) is 29.1 Å². The molecular formula is C17H16N2O. The van der Waals surface area contributed by atoms with Gasteiger partial charge in [-0.1, -0.05) is 42.5 Å². The highest BCUT2D eigenvalue weighted by atomic mass is 16.5. The van der Waals surface area contributed by atoms with Crippen LogP contribution in [0.2, 0.25) is 0 Å². The third-order valence-corrected chi connectivity index (χ3v) is 3.24. The molecule has 0 aliphatic heterocycles. The number of H-pyrrole nitrogens is 1. The normalized spacial score (nSPS) is 10.4. The topological polar surface area (TPSA) is 37.9 Å². The standard InChI is InChI=1S/C17H16N2O/c1-20-16-9-5-6-13(11-16)10-15-12-17(19-18-15)14-7-3-2-4-8-14/h2-9,11-12H,10H2,1H3,(H,18,19). The number of hydrogen-bond donors (Lipinski definition) is 1. The molecule has 0 atom stereocenters. The van der Waals surface area contributed by atoms with Gasteiger partial charge in [0, 0.05) is 6.42 Å². The van der Waals surface area contributed by atoms with Gasteiger partial charge in [0.25, 0.3) is 0 Å². The van der Waals surface area contributed by atoms with Crippen LogP contribution in [0.15, 0.2) is 60.7 Å². The van der Waals surface area contributed by atoms with Crippen LogP contribution in [0.5, 0.6) is 5.75 Å². The molecule has 1 N–H and O–H groups in total. The van der Waals surface area contributed by atoms with Crippen LogP contribution in [0.25, 0.3) is 11.3 Å². The molecule has 0 spiro atoms. The Morgan fingerprint density at radius 2 is 1.85 bits per heavy atom. The number of methoxy groups -OCH3 is 1. The van der Waals surface area contributed by atoms with Crippen LogP contribution >= 0.6 is 0 Å². The first-order valence-corrected chi connectivity index (χ1v) is 6.58. The van der Waals surface area contributed by atoms with Crippen molar-refractivity contribution in [2.24, 2.45) is 0 Å². The molecule has 0 saturated carbocycles. The Balaban J connectivity index is 1.80. The van der Waals surface area contributed by atoms with Gasteiger partial charge in [0.05, 0.1) is 18.5 Å². The number of aromatic nitrogens is 2. The van der Waals surface area contributed by atoms with Crippen molar-refractivity contribution in [3.05, 3.63) is 71.9 Å². The highest BCUT2D eigenvalue weighted by molar-refractivity contribution is 5.59. The highest BCUT2D eigenvalue weighted by Gasteiger charge is 2.05. The minimum absolute atomic E-state index is 0.792. The van der Waals surface area contributed by atoms with Crippen LogP contribution in [0.3, 0.4) is 0 Å². The maximum Gasteiger partial charge on any atom is 0.119 e. The Morgan fingerprint density at radius 1 is 1.00 bits per heavy atom. The van der Waals surface area contributed by atoms with Crippen molar-refractivity contribution in [2.45, 2.75) is 6.42 Å². The molecule has 0 aliphatic rings. The molecule has 3 heteroatoms. The fourth-order valence-corrected chi connectivity index (χ4v) is 2.21. The van der Waals surface area contributed by atoms with Crippen LogP contribution < -0.4 is 4.74 Å². The Labute approximate surface area is 118 Å². The summed E-state index contributed by atoms with van der Waals surface area (Å²) >= 11 is 0. The molecule has 0 radical (unpaired) electrons. The van der Waals surface area contributed by atoms with Gasteiger partial charge in [-0.05, 0) is 29.3 Å². The van der Waals surface area contributed by atoms with E-state index in [9.17, 15) is 0 Å². The lowest BCUT2D eigenvalue weighted by Gasteiger charge is -2.02. The zero-order chi connectivity index (χ0) is 13.8. The lowest BCUT2D eigenvalue weighted by Crippen LogP contribution is -1.90. The lowest BCUT2D eigenvalue weighted by molar-refractivity contribution is 0.414. The fourth-order valence-electron chi connectivity index (χ4n) is 2.21. The van der Waals surface area contributed by atoms with Gasteiger partial charge >= 0.3 is 0 Å². The molecular weight excluding hydrogens is 248 g/mol. The number of nitrogens with one attached hydrogen (secondary N) is 1. The first kappa shape index (κ1) is 12.5. The quantitative estimate of drug-likeness (QED) is 0.780. The molecule has 0 amide bonds. The van der Waals surface area contributed by atoms with Gasteiger partial charge in [0.15, 0.2) is 0 Å². The maximum atomic E-state index is 5.24. The zero-order valence-corrected chi connectivity index (χ0v) is 11.3. The van der Waals surface area contributed by atoms with E-state index in [4.69, 9.17) is 4.74 Å². The van der Waals surface area contributed by atoms with Crippen LogP contribution in [0.4, 0.5) is 0 Å². The molecule has 3 nitrogen and oxygen atoms in total. The predicted octanol–water partition coefficient (Wildman–Crippen LogP) is 3.68. The van der Waals surface area contributed by atoms with Gasteiger partial charge in [-0.2, -0.15) is 5.10 Å². The Hall–Kier alpha value is -2.55. The van der Waals surface area contributed by atoms with E-state index in [1.54, 1.807) is 7.11 Å². The van der Waals surface area contributed by atoms with Crippen molar-refractivity contribution >= 4 is 0 Å². The van der Waals surface area contributed by atoms with Crippen molar-refractivity contribution in [2.75, 3.05) is 7.11 Å². The van der Waals surface area contributed by atoms with Crippen molar-refractivity contribution in [1.82, 2.24) is 10.2 Å². The Bertz CT molecular complexity index is 689. The van der Waals surface area contributed by atoms with Gasteiger partial charge in [0.2, 0.25) is 0 Å². The largest absolute Gasteiger partial charge is 0.497 e. The third kappa shape index (κ3) is 2.72. The summed E-state index contributed by atoms with van der Waals surface area (Å²) in [6.07, 6.45) is 0.792. The summed E-state index contributed by atoms with van der Waals surface area (Å²) in [4.78, 5) is 0. The number of rotatable bonds is 4. The predicted molar refractivity (Wildman–Crippen MR) is 79.8 cm³/mol. The van der Waals surface area contributed by atoms with E-state index in [2.05, 4.69) is 34.5 Å². The second kappa shape index (κ2) is 5.61. The number of benzene rings is 2. The summed E-state index contributed by atoms with van der Waals surface area (Å²) in [6.45, 7) is 0. The first-order valence-electron chi connectivity index (χ1n) is 6.58. The van der Waals surface area contributed by atoms with E-state index < -0.39 is 0 Å². The van der Waals surface area contributed by atoms with Gasteiger partial charge < -0.3 is 4.74 Å². The summed E-state index contributed by atoms with van der Waals surface area (Å²) in [7, 11) is 1.68. The van der Waals surface area contributed by atoms with Crippen LogP contribution in [-0.2, 0) is 6.42 Å². The minimum Gasteiger partial charge on any atom is -0.497 e. The van der Waals surface area contributed by atoms with Crippen molar-refractivity contribution in [1.29, 1.82) is 0 Å². The van der Waals surface area contributed by atoms with Crippen LogP contribution in [0.1, 0.15) is 11.3 Å². The first-order chi connectivity index (χ1) is 9.85. The number of nitrogens with zero attached hydrogens (tertiary/aromatic N) is 1. The molecule has 0 fully saturated rings. The molecule has 0 bridgehead atoms. The molecule has 2 aromatic carbocycles. The Kier molecular flexibility index (Phi) is 3.50. The lowest BCUT2D eigenvalue weighted by atomic mass is 10.1. The smallest absolute Gasteiger partial charge is 0.119 e. The SMILES string of the molecule is COc1cccc(Cc2cc(-c3ccccc3)[nH]n2)c1. The number of ether oxygens (including phenoxy) is 1. The summed E-state index contributed by atoms with van der Waals surface area (Å²) < 4.78 is 5.24. The van der Waals surface area contributed by atoms with E-state index in [-0.39, 0.29) is 0 Å². The Morgan fingerprint density at radius 3 is 2.65 bits per heavy atom. The number of aromatic amines is 1. The summed E-state index contributed by atoms with van der Waals surface area (Å²) in [5, 5.41) is 7.47. The summed E-state index contributed by atoms with van der Waals surface area (Å²) in [5.41, 5.74) is 4.41. The van der Waals surface area contributed by atoms with Crippen molar-refractivity contribution in [3.8, 4) is 17.0 Å². The van der Waals surface area contributed by atoms with Crippen LogP contribution in [0, 0.1) is 0 Å². The molecule has 20 heavy (non-hydrogen) atoms. The van der Waals surface area contributed by atoms with Gasteiger partial charge in [-0.15, -0.1) is 0 Å². The van der Waals surface area contributed by atoms with E-state index in [1.807, 2.05) is 36.4 Å². The molecule has 1 aromatic heterocycles. The maximum absolute atomic E-state index is 5.24. The van der Waals surface area contributed by atoms with Gasteiger partial charge in [-0.3, -0.25) is 5.10 Å². The van der Waals surface area contributed by atoms with Crippen molar-refractivity contribution in [3.63, 3.8) is 0 Å². The molecule has 3 rings (SSSR count). The molecule has 3 aromatic rings. The summed E-state index contributed by atoms with van der Waals surface area (Å²) in [5.74, 6) is 0.876. The monoisotopic (exact) mass is 264 g/mol. The second-order valence-corrected chi connectivity index (χ2v) is 4.67. The average molecular weight is 264 g/mol. The molecule has 100 valence electrons. The highest BCUT2D eigenvalue weighted by Crippen LogP contribution is 2.20. The van der Waals surface area contributed by atoms with Crippen molar-refractivity contribution < 1.29 is 4.74 Å². The average Bonchev–Trinajstić information content (AvgIpc) is 2.97. The molecule has 0 unspecified atom stereocenters. The fraction of sp³-hybridized carbons (Fsp3) is 0.118. The summed E-state index contributed by atoms with van der Waals surface area (Å²) in [6, 6.07) is 20.4. The van der Waals surface area contributed by atoms with E-state index in [0.29, 0.717) is 0 Å². The van der Waals surface area contributed by atoms with Gasteiger partial charge in [0.1, 0.15) is 5.75 Å². The minimum atomic E-state index is 0.792. The zero-order valence-electron chi connectivity index (χ0n) is 11.3. The number of hydrogen-bond acceptors (Lipinski definition) is 2. The van der Waals surface area contributed by atoms with Gasteiger partial charge in [-0.25, -0.2) is 0 Å². The van der Waals surface area contributed by atoms with E-state index in [1.165, 1.54) is 5.56 Å². The molecule has 0 aliphatic carbocycles. The molecule has 0 saturated heterocycles.